The Morgan fingerprint density at radius 3 is 2.48 bits per heavy atom. The molecule has 0 aliphatic carbocycles. The smallest absolute Gasteiger partial charge is 0.265 e. The zero-order valence-electron chi connectivity index (χ0n) is 12.0. The second-order valence-electron chi connectivity index (χ2n) is 4.97. The molecule has 21 heavy (non-hydrogen) atoms. The highest BCUT2D eigenvalue weighted by Gasteiger charge is 2.05. The maximum Gasteiger partial charge on any atom is 0.265 e. The van der Waals surface area contributed by atoms with Gasteiger partial charge in [-0.3, -0.25) is 19.5 Å². The van der Waals surface area contributed by atoms with Crippen molar-refractivity contribution in [3.8, 4) is 0 Å². The summed E-state index contributed by atoms with van der Waals surface area (Å²) in [7, 11) is 0. The Morgan fingerprint density at radius 1 is 1.14 bits per heavy atom. The first-order chi connectivity index (χ1) is 9.94. The Morgan fingerprint density at radius 2 is 1.81 bits per heavy atom. The number of carbonyl (C=O) groups is 1. The third-order valence-corrected chi connectivity index (χ3v) is 2.96. The van der Waals surface area contributed by atoms with E-state index in [4.69, 9.17) is 0 Å². The van der Waals surface area contributed by atoms with Crippen molar-refractivity contribution in [2.24, 2.45) is 0 Å². The number of aromatic amines is 1. The van der Waals surface area contributed by atoms with Crippen molar-refractivity contribution in [1.29, 1.82) is 0 Å². The standard InChI is InChI=1S/C15H17N3O3/c1-10-7-11(2)9-12(8-10)16-13(19)5-6-18-15(21)4-3-14(20)17-18/h3-4,7-9H,5-6H2,1-2H3,(H,16,19)(H,17,20). The number of hydrogen-bond donors (Lipinski definition) is 2. The van der Waals surface area contributed by atoms with E-state index in [-0.39, 0.29) is 30.0 Å². The van der Waals surface area contributed by atoms with Crippen LogP contribution in [0.15, 0.2) is 39.9 Å². The maximum absolute atomic E-state index is 11.9. The van der Waals surface area contributed by atoms with Gasteiger partial charge in [0.1, 0.15) is 0 Å². The first-order valence-corrected chi connectivity index (χ1v) is 6.62. The van der Waals surface area contributed by atoms with Gasteiger partial charge >= 0.3 is 0 Å². The van der Waals surface area contributed by atoms with Crippen LogP contribution >= 0.6 is 0 Å². The Labute approximate surface area is 121 Å². The molecule has 1 heterocycles. The second-order valence-corrected chi connectivity index (χ2v) is 4.97. The van der Waals surface area contributed by atoms with Crippen molar-refractivity contribution < 1.29 is 4.79 Å². The highest BCUT2D eigenvalue weighted by molar-refractivity contribution is 5.90. The number of nitrogens with zero attached hydrogens (tertiary/aromatic N) is 1. The molecule has 6 heteroatoms. The number of hydrogen-bond acceptors (Lipinski definition) is 3. The van der Waals surface area contributed by atoms with E-state index in [0.717, 1.165) is 27.6 Å². The van der Waals surface area contributed by atoms with E-state index in [1.807, 2.05) is 32.0 Å². The molecule has 1 aromatic carbocycles. The molecule has 0 radical (unpaired) electrons. The van der Waals surface area contributed by atoms with E-state index in [1.165, 1.54) is 6.07 Å². The third-order valence-electron chi connectivity index (χ3n) is 2.96. The van der Waals surface area contributed by atoms with Gasteiger partial charge in [0.05, 0.1) is 6.54 Å². The SMILES string of the molecule is Cc1cc(C)cc(NC(=O)CCn2[nH]c(=O)ccc2=O)c1. The largest absolute Gasteiger partial charge is 0.326 e. The van der Waals surface area contributed by atoms with Crippen molar-refractivity contribution in [2.75, 3.05) is 5.32 Å². The summed E-state index contributed by atoms with van der Waals surface area (Å²) in [5.41, 5.74) is 2.15. The molecule has 2 rings (SSSR count). The normalized spacial score (nSPS) is 10.4. The zero-order valence-corrected chi connectivity index (χ0v) is 12.0. The zero-order chi connectivity index (χ0) is 15.4. The molecule has 110 valence electrons. The summed E-state index contributed by atoms with van der Waals surface area (Å²) in [6.45, 7) is 4.04. The molecule has 2 N–H and O–H groups in total. The van der Waals surface area contributed by atoms with Crippen molar-refractivity contribution in [3.63, 3.8) is 0 Å². The lowest BCUT2D eigenvalue weighted by atomic mass is 10.1. The van der Waals surface area contributed by atoms with Crippen LogP contribution in [0.25, 0.3) is 0 Å². The maximum atomic E-state index is 11.9. The van der Waals surface area contributed by atoms with Gasteiger partial charge in [-0.25, -0.2) is 4.68 Å². The summed E-state index contributed by atoms with van der Waals surface area (Å²) in [5.74, 6) is -0.211. The summed E-state index contributed by atoms with van der Waals surface area (Å²) < 4.78 is 1.13. The Balaban J connectivity index is 2.00. The highest BCUT2D eigenvalue weighted by Crippen LogP contribution is 2.13. The highest BCUT2D eigenvalue weighted by atomic mass is 16.2. The molecule has 0 fully saturated rings. The minimum absolute atomic E-state index is 0.104. The summed E-state index contributed by atoms with van der Waals surface area (Å²) in [6, 6.07) is 8.11. The summed E-state index contributed by atoms with van der Waals surface area (Å²) in [5, 5.41) is 5.16. The molecule has 0 atom stereocenters. The number of aromatic nitrogens is 2. The van der Waals surface area contributed by atoms with Gasteiger partial charge in [0.2, 0.25) is 5.91 Å². The van der Waals surface area contributed by atoms with Gasteiger partial charge in [0.15, 0.2) is 0 Å². The Hall–Kier alpha value is -2.63. The molecule has 6 nitrogen and oxygen atoms in total. The fourth-order valence-electron chi connectivity index (χ4n) is 2.11. The van der Waals surface area contributed by atoms with E-state index in [0.29, 0.717) is 0 Å². The van der Waals surface area contributed by atoms with Crippen molar-refractivity contribution in [2.45, 2.75) is 26.8 Å². The fraction of sp³-hybridized carbons (Fsp3) is 0.267. The first-order valence-electron chi connectivity index (χ1n) is 6.62. The molecule has 1 aromatic heterocycles. The van der Waals surface area contributed by atoms with Gasteiger partial charge in [-0.2, -0.15) is 0 Å². The second kappa shape index (κ2) is 6.21. The lowest BCUT2D eigenvalue weighted by Crippen LogP contribution is -2.29. The number of benzene rings is 1. The van der Waals surface area contributed by atoms with Crippen LogP contribution < -0.4 is 16.4 Å². The minimum Gasteiger partial charge on any atom is -0.326 e. The van der Waals surface area contributed by atoms with E-state index >= 15 is 0 Å². The molecule has 2 aromatic rings. The Bertz CT molecular complexity index is 754. The van der Waals surface area contributed by atoms with Crippen LogP contribution in [0.4, 0.5) is 5.69 Å². The predicted octanol–water partition coefficient (Wildman–Crippen LogP) is 1.18. The predicted molar refractivity (Wildman–Crippen MR) is 80.5 cm³/mol. The lowest BCUT2D eigenvalue weighted by Gasteiger charge is -2.08. The molecule has 0 unspecified atom stereocenters. The van der Waals surface area contributed by atoms with Crippen molar-refractivity contribution in [3.05, 3.63) is 62.2 Å². The van der Waals surface area contributed by atoms with Crippen molar-refractivity contribution in [1.82, 2.24) is 9.78 Å². The summed E-state index contributed by atoms with van der Waals surface area (Å²) in [4.78, 5) is 34.5. The number of rotatable bonds is 4. The van der Waals surface area contributed by atoms with Crippen LogP contribution in [0, 0.1) is 13.8 Å². The van der Waals surface area contributed by atoms with Crippen LogP contribution in [0.2, 0.25) is 0 Å². The molecule has 0 saturated carbocycles. The lowest BCUT2D eigenvalue weighted by molar-refractivity contribution is -0.116. The van der Waals surface area contributed by atoms with Gasteiger partial charge in [-0.15, -0.1) is 0 Å². The van der Waals surface area contributed by atoms with E-state index in [1.54, 1.807) is 0 Å². The number of amides is 1. The molecule has 0 spiro atoms. The number of anilines is 1. The molecular formula is C15H17N3O3. The number of carbonyl (C=O) groups excluding carboxylic acids is 1. The fourth-order valence-corrected chi connectivity index (χ4v) is 2.11. The molecule has 0 aliphatic heterocycles. The molecule has 0 bridgehead atoms. The summed E-state index contributed by atoms with van der Waals surface area (Å²) >= 11 is 0. The molecular weight excluding hydrogens is 270 g/mol. The van der Waals surface area contributed by atoms with Gasteiger partial charge in [0.25, 0.3) is 11.1 Å². The quantitative estimate of drug-likeness (QED) is 0.885. The number of aryl methyl sites for hydroxylation is 3. The van der Waals surface area contributed by atoms with Crippen LogP contribution in [-0.4, -0.2) is 15.7 Å². The molecule has 0 saturated heterocycles. The average Bonchev–Trinajstić information content (AvgIpc) is 2.38. The third kappa shape index (κ3) is 4.17. The van der Waals surface area contributed by atoms with E-state index < -0.39 is 0 Å². The van der Waals surface area contributed by atoms with Gasteiger partial charge in [0, 0.05) is 24.2 Å². The minimum atomic E-state index is -0.371. The van der Waals surface area contributed by atoms with Crippen LogP contribution in [0.5, 0.6) is 0 Å². The topological polar surface area (TPSA) is 84.0 Å². The van der Waals surface area contributed by atoms with Gasteiger partial charge in [-0.1, -0.05) is 6.07 Å². The monoisotopic (exact) mass is 287 g/mol. The Kier molecular flexibility index (Phi) is 4.37. The van der Waals surface area contributed by atoms with E-state index in [9.17, 15) is 14.4 Å². The van der Waals surface area contributed by atoms with Gasteiger partial charge < -0.3 is 5.32 Å². The van der Waals surface area contributed by atoms with Crippen LogP contribution in [0.3, 0.4) is 0 Å². The molecule has 0 aliphatic rings. The number of H-pyrrole nitrogens is 1. The van der Waals surface area contributed by atoms with Gasteiger partial charge in [-0.05, 0) is 37.1 Å². The van der Waals surface area contributed by atoms with Crippen LogP contribution in [0.1, 0.15) is 17.5 Å². The molecule has 1 amide bonds. The van der Waals surface area contributed by atoms with E-state index in [2.05, 4.69) is 10.4 Å². The average molecular weight is 287 g/mol. The summed E-state index contributed by atoms with van der Waals surface area (Å²) in [6.07, 6.45) is 0.104. The number of nitrogens with one attached hydrogen (secondary N) is 2. The van der Waals surface area contributed by atoms with Crippen LogP contribution in [-0.2, 0) is 11.3 Å². The van der Waals surface area contributed by atoms with Crippen molar-refractivity contribution >= 4 is 11.6 Å². The first kappa shape index (κ1) is 14.8.